The lowest BCUT2D eigenvalue weighted by molar-refractivity contribution is -0.0683. The number of hydrogen-bond acceptors (Lipinski definition) is 5. The van der Waals surface area contributed by atoms with Crippen LogP contribution in [0.3, 0.4) is 0 Å². The Morgan fingerprint density at radius 3 is 2.72 bits per heavy atom. The number of ether oxygens (including phenoxy) is 4. The lowest BCUT2D eigenvalue weighted by Gasteiger charge is -2.12. The van der Waals surface area contributed by atoms with E-state index in [1.54, 1.807) is 13.3 Å². The second kappa shape index (κ2) is 7.09. The number of nitrogens with zero attached hydrogens (tertiary/aromatic N) is 1. The summed E-state index contributed by atoms with van der Waals surface area (Å²) in [5.74, 6) is 1.60. The third-order valence-corrected chi connectivity index (χ3v) is 4.20. The highest BCUT2D eigenvalue weighted by Crippen LogP contribution is 2.32. The van der Waals surface area contributed by atoms with Gasteiger partial charge in [-0.15, -0.1) is 0 Å². The monoisotopic (exact) mass is 337 g/mol. The molecule has 1 aromatic heterocycles. The van der Waals surface area contributed by atoms with E-state index in [1.165, 1.54) is 0 Å². The molecule has 0 spiro atoms. The van der Waals surface area contributed by atoms with E-state index in [2.05, 4.69) is 23.2 Å². The van der Waals surface area contributed by atoms with Crippen molar-refractivity contribution >= 4 is 10.8 Å². The van der Waals surface area contributed by atoms with Crippen molar-refractivity contribution in [3.8, 4) is 22.6 Å². The summed E-state index contributed by atoms with van der Waals surface area (Å²) < 4.78 is 22.0. The van der Waals surface area contributed by atoms with Gasteiger partial charge in [0.2, 0.25) is 0 Å². The Hall–Kier alpha value is -2.63. The zero-order valence-electron chi connectivity index (χ0n) is 14.0. The first kappa shape index (κ1) is 15.9. The van der Waals surface area contributed by atoms with Crippen molar-refractivity contribution in [2.45, 2.75) is 6.29 Å². The van der Waals surface area contributed by atoms with Crippen LogP contribution in [0, 0.1) is 0 Å². The highest BCUT2D eigenvalue weighted by atomic mass is 16.7. The fraction of sp³-hybridized carbons (Fsp3) is 0.250. The molecule has 0 unspecified atom stereocenters. The first-order chi connectivity index (χ1) is 12.3. The van der Waals surface area contributed by atoms with Gasteiger partial charge in [-0.3, -0.25) is 4.98 Å². The average molecular weight is 337 g/mol. The second-order valence-corrected chi connectivity index (χ2v) is 5.78. The molecule has 128 valence electrons. The molecular weight excluding hydrogens is 318 g/mol. The van der Waals surface area contributed by atoms with Gasteiger partial charge in [-0.2, -0.15) is 0 Å². The minimum atomic E-state index is -0.276. The maximum absolute atomic E-state index is 5.80. The molecule has 0 saturated carbocycles. The molecule has 0 amide bonds. The second-order valence-electron chi connectivity index (χ2n) is 5.78. The van der Waals surface area contributed by atoms with Crippen molar-refractivity contribution in [1.29, 1.82) is 0 Å². The van der Waals surface area contributed by atoms with E-state index in [0.717, 1.165) is 33.4 Å². The molecule has 0 atom stereocenters. The predicted molar refractivity (Wildman–Crippen MR) is 94.9 cm³/mol. The van der Waals surface area contributed by atoms with Gasteiger partial charge in [0.15, 0.2) is 6.29 Å². The van der Waals surface area contributed by atoms with Crippen LogP contribution >= 0.6 is 0 Å². The Kier molecular flexibility index (Phi) is 4.50. The zero-order chi connectivity index (χ0) is 17.1. The summed E-state index contributed by atoms with van der Waals surface area (Å²) in [6.45, 7) is 1.64. The first-order valence-corrected chi connectivity index (χ1v) is 8.22. The molecular formula is C20H19NO4. The number of pyridine rings is 1. The Bertz CT molecular complexity index is 874. The number of benzene rings is 2. The molecule has 2 heterocycles. The normalized spacial score (nSPS) is 14.8. The van der Waals surface area contributed by atoms with Crippen LogP contribution in [0.15, 0.2) is 54.9 Å². The van der Waals surface area contributed by atoms with E-state index in [9.17, 15) is 0 Å². The van der Waals surface area contributed by atoms with E-state index in [-0.39, 0.29) is 6.29 Å². The zero-order valence-corrected chi connectivity index (χ0v) is 14.0. The Balaban J connectivity index is 1.62. The van der Waals surface area contributed by atoms with Crippen LogP contribution in [0.25, 0.3) is 21.9 Å². The minimum Gasteiger partial charge on any atom is -0.496 e. The molecule has 4 rings (SSSR count). The Morgan fingerprint density at radius 2 is 1.88 bits per heavy atom. The van der Waals surface area contributed by atoms with Crippen LogP contribution in [0.1, 0.15) is 0 Å². The molecule has 3 aromatic rings. The van der Waals surface area contributed by atoms with Crippen molar-refractivity contribution in [3.63, 3.8) is 0 Å². The summed E-state index contributed by atoms with van der Waals surface area (Å²) >= 11 is 0. The van der Waals surface area contributed by atoms with Crippen molar-refractivity contribution in [3.05, 3.63) is 54.9 Å². The van der Waals surface area contributed by atoms with Crippen LogP contribution in [-0.4, -0.2) is 38.2 Å². The highest BCUT2D eigenvalue weighted by molar-refractivity contribution is 5.89. The third-order valence-electron chi connectivity index (χ3n) is 4.20. The molecule has 5 heteroatoms. The highest BCUT2D eigenvalue weighted by Gasteiger charge is 2.16. The molecule has 0 radical (unpaired) electrons. The van der Waals surface area contributed by atoms with Gasteiger partial charge in [0.25, 0.3) is 0 Å². The summed E-state index contributed by atoms with van der Waals surface area (Å²) in [5, 5.41) is 2.24. The fourth-order valence-corrected chi connectivity index (χ4v) is 2.93. The third kappa shape index (κ3) is 3.43. The van der Waals surface area contributed by atoms with E-state index in [4.69, 9.17) is 18.9 Å². The van der Waals surface area contributed by atoms with Gasteiger partial charge in [-0.05, 0) is 40.6 Å². The summed E-state index contributed by atoms with van der Waals surface area (Å²) in [5.41, 5.74) is 2.02. The topological polar surface area (TPSA) is 49.8 Å². The molecule has 5 nitrogen and oxygen atoms in total. The van der Waals surface area contributed by atoms with E-state index in [1.807, 2.05) is 30.5 Å². The maximum atomic E-state index is 5.80. The van der Waals surface area contributed by atoms with E-state index >= 15 is 0 Å². The van der Waals surface area contributed by atoms with Gasteiger partial charge in [-0.25, -0.2) is 0 Å². The maximum Gasteiger partial charge on any atom is 0.191 e. The molecule has 1 saturated heterocycles. The van der Waals surface area contributed by atoms with E-state index < -0.39 is 0 Å². The fourth-order valence-electron chi connectivity index (χ4n) is 2.93. The van der Waals surface area contributed by atoms with Gasteiger partial charge < -0.3 is 18.9 Å². The molecule has 25 heavy (non-hydrogen) atoms. The van der Waals surface area contributed by atoms with E-state index in [0.29, 0.717) is 19.8 Å². The Morgan fingerprint density at radius 1 is 1.04 bits per heavy atom. The lowest BCUT2D eigenvalue weighted by atomic mass is 10.0. The van der Waals surface area contributed by atoms with Crippen LogP contribution in [0.2, 0.25) is 0 Å². The molecule has 1 aliphatic heterocycles. The van der Waals surface area contributed by atoms with Crippen LogP contribution in [-0.2, 0) is 9.47 Å². The summed E-state index contributed by atoms with van der Waals surface area (Å²) in [6.07, 6.45) is 3.26. The van der Waals surface area contributed by atoms with Gasteiger partial charge >= 0.3 is 0 Å². The summed E-state index contributed by atoms with van der Waals surface area (Å²) in [7, 11) is 1.67. The number of methoxy groups -OCH3 is 1. The van der Waals surface area contributed by atoms with Crippen molar-refractivity contribution in [2.24, 2.45) is 0 Å². The number of fused-ring (bicyclic) bond motifs is 1. The van der Waals surface area contributed by atoms with Crippen LogP contribution in [0.5, 0.6) is 11.5 Å². The standard InChI is InChI=1S/C20H19NO4/c1-22-19-6-7-21-12-18(19)15-3-2-14-4-5-17(11-16(14)10-15)25-13-20-23-8-9-24-20/h2-7,10-12,20H,8-9,13H2,1H3. The lowest BCUT2D eigenvalue weighted by Crippen LogP contribution is -2.18. The molecule has 2 aromatic carbocycles. The minimum absolute atomic E-state index is 0.276. The average Bonchev–Trinajstić information content (AvgIpc) is 3.19. The Labute approximate surface area is 146 Å². The first-order valence-electron chi connectivity index (χ1n) is 8.22. The summed E-state index contributed by atoms with van der Waals surface area (Å²) in [6, 6.07) is 14.2. The number of aromatic nitrogens is 1. The largest absolute Gasteiger partial charge is 0.496 e. The quantitative estimate of drug-likeness (QED) is 0.711. The van der Waals surface area contributed by atoms with Gasteiger partial charge in [0.05, 0.1) is 20.3 Å². The molecule has 1 aliphatic rings. The number of rotatable bonds is 5. The molecule has 0 bridgehead atoms. The van der Waals surface area contributed by atoms with Gasteiger partial charge in [0.1, 0.15) is 18.1 Å². The summed E-state index contributed by atoms with van der Waals surface area (Å²) in [4.78, 5) is 4.21. The molecule has 0 N–H and O–H groups in total. The van der Waals surface area contributed by atoms with Gasteiger partial charge in [0, 0.05) is 18.0 Å². The molecule has 0 aliphatic carbocycles. The molecule has 1 fully saturated rings. The van der Waals surface area contributed by atoms with Gasteiger partial charge in [-0.1, -0.05) is 18.2 Å². The van der Waals surface area contributed by atoms with Crippen molar-refractivity contribution in [1.82, 2.24) is 4.98 Å². The smallest absolute Gasteiger partial charge is 0.191 e. The SMILES string of the molecule is COc1ccncc1-c1ccc2ccc(OCC3OCCO3)cc2c1. The number of hydrogen-bond donors (Lipinski definition) is 0. The van der Waals surface area contributed by atoms with Crippen molar-refractivity contribution in [2.75, 3.05) is 26.9 Å². The van der Waals surface area contributed by atoms with Crippen LogP contribution < -0.4 is 9.47 Å². The van der Waals surface area contributed by atoms with Crippen molar-refractivity contribution < 1.29 is 18.9 Å². The van der Waals surface area contributed by atoms with Crippen LogP contribution in [0.4, 0.5) is 0 Å². The predicted octanol–water partition coefficient (Wildman–Crippen LogP) is 3.66.